The molecule has 1 fully saturated rings. The summed E-state index contributed by atoms with van der Waals surface area (Å²) >= 11 is 8.03. The molecule has 2 nitrogen and oxygen atoms in total. The molecule has 1 aromatic carbocycles. The molecular formula is C15H17ClF2N2S. The van der Waals surface area contributed by atoms with Gasteiger partial charge in [-0.2, -0.15) is 11.8 Å². The lowest BCUT2D eigenvalue weighted by atomic mass is 10.2. The van der Waals surface area contributed by atoms with Gasteiger partial charge in [-0.3, -0.25) is 0 Å². The Morgan fingerprint density at radius 2 is 2.14 bits per heavy atom. The maximum absolute atomic E-state index is 14.0. The first kappa shape index (κ1) is 15.1. The molecule has 1 aliphatic rings. The van der Waals surface area contributed by atoms with Gasteiger partial charge in [0.25, 0.3) is 0 Å². The van der Waals surface area contributed by atoms with Crippen molar-refractivity contribution in [2.75, 3.05) is 6.26 Å². The Hall–Kier alpha value is -0.810. The molecule has 1 saturated carbocycles. The highest BCUT2D eigenvalue weighted by Crippen LogP contribution is 2.41. The standard InChI is InChI=1S/C15H17ClF2N2S/c1-8(16)15-19-14-10(18)6-9(17)7-12(14)20(15)11-4-3-5-13(11)21-2/h6-8,11,13H,3-5H2,1-2H3. The van der Waals surface area contributed by atoms with E-state index in [2.05, 4.69) is 11.2 Å². The Morgan fingerprint density at radius 3 is 2.81 bits per heavy atom. The van der Waals surface area contributed by atoms with E-state index in [1.165, 1.54) is 6.07 Å². The van der Waals surface area contributed by atoms with Crippen LogP contribution in [0.25, 0.3) is 11.0 Å². The molecule has 2 aromatic rings. The third kappa shape index (κ3) is 2.55. The van der Waals surface area contributed by atoms with Crippen LogP contribution >= 0.6 is 23.4 Å². The van der Waals surface area contributed by atoms with E-state index in [1.807, 2.05) is 11.5 Å². The van der Waals surface area contributed by atoms with Gasteiger partial charge in [-0.05, 0) is 32.1 Å². The maximum atomic E-state index is 14.0. The van der Waals surface area contributed by atoms with E-state index in [0.717, 1.165) is 25.3 Å². The van der Waals surface area contributed by atoms with E-state index in [-0.39, 0.29) is 16.9 Å². The van der Waals surface area contributed by atoms with Crippen molar-refractivity contribution in [3.05, 3.63) is 29.6 Å². The molecule has 114 valence electrons. The summed E-state index contributed by atoms with van der Waals surface area (Å²) in [6, 6.07) is 2.44. The lowest BCUT2D eigenvalue weighted by molar-refractivity contribution is 0.518. The lowest BCUT2D eigenvalue weighted by Crippen LogP contribution is -2.18. The number of aromatic nitrogens is 2. The van der Waals surface area contributed by atoms with Crippen LogP contribution in [0.5, 0.6) is 0 Å². The van der Waals surface area contributed by atoms with Crippen LogP contribution in [-0.4, -0.2) is 21.1 Å². The van der Waals surface area contributed by atoms with Crippen molar-refractivity contribution in [3.63, 3.8) is 0 Å². The number of alkyl halides is 1. The molecule has 21 heavy (non-hydrogen) atoms. The van der Waals surface area contributed by atoms with Crippen molar-refractivity contribution < 1.29 is 8.78 Å². The summed E-state index contributed by atoms with van der Waals surface area (Å²) in [5, 5.41) is 0.0888. The molecule has 0 bridgehead atoms. The summed E-state index contributed by atoms with van der Waals surface area (Å²) < 4.78 is 29.6. The van der Waals surface area contributed by atoms with Crippen LogP contribution in [0.1, 0.15) is 43.4 Å². The minimum atomic E-state index is -0.624. The van der Waals surface area contributed by atoms with Crippen molar-refractivity contribution in [2.24, 2.45) is 0 Å². The van der Waals surface area contributed by atoms with Crippen molar-refractivity contribution >= 4 is 34.4 Å². The molecular weight excluding hydrogens is 314 g/mol. The largest absolute Gasteiger partial charge is 0.322 e. The molecule has 0 saturated heterocycles. The maximum Gasteiger partial charge on any atom is 0.153 e. The van der Waals surface area contributed by atoms with Gasteiger partial charge in [-0.15, -0.1) is 11.6 Å². The minimum absolute atomic E-state index is 0.197. The molecule has 1 heterocycles. The zero-order chi connectivity index (χ0) is 15.1. The molecule has 0 radical (unpaired) electrons. The fourth-order valence-corrected chi connectivity index (χ4v) is 4.37. The van der Waals surface area contributed by atoms with Crippen LogP contribution in [-0.2, 0) is 0 Å². The number of rotatable bonds is 3. The van der Waals surface area contributed by atoms with E-state index in [0.29, 0.717) is 16.6 Å². The lowest BCUT2D eigenvalue weighted by Gasteiger charge is -2.23. The number of hydrogen-bond acceptors (Lipinski definition) is 2. The van der Waals surface area contributed by atoms with Gasteiger partial charge in [0.05, 0.1) is 10.9 Å². The summed E-state index contributed by atoms with van der Waals surface area (Å²) in [7, 11) is 0. The van der Waals surface area contributed by atoms with Crippen LogP contribution in [0.15, 0.2) is 12.1 Å². The Bertz CT molecular complexity index is 671. The molecule has 0 amide bonds. The Kier molecular flexibility index (Phi) is 4.14. The van der Waals surface area contributed by atoms with Crippen LogP contribution in [0.2, 0.25) is 0 Å². The molecule has 0 spiro atoms. The van der Waals surface area contributed by atoms with Gasteiger partial charge in [0.15, 0.2) is 5.82 Å². The van der Waals surface area contributed by atoms with E-state index in [4.69, 9.17) is 11.6 Å². The molecule has 6 heteroatoms. The average molecular weight is 331 g/mol. The van der Waals surface area contributed by atoms with Crippen LogP contribution in [0, 0.1) is 11.6 Å². The monoisotopic (exact) mass is 330 g/mol. The summed E-state index contributed by atoms with van der Waals surface area (Å²) in [4.78, 5) is 4.35. The number of hydrogen-bond donors (Lipinski definition) is 0. The molecule has 3 unspecified atom stereocenters. The number of nitrogens with zero attached hydrogens (tertiary/aromatic N) is 2. The fraction of sp³-hybridized carbons (Fsp3) is 0.533. The first-order valence-electron chi connectivity index (χ1n) is 7.06. The summed E-state index contributed by atoms with van der Waals surface area (Å²) in [6.07, 6.45) is 5.29. The smallest absolute Gasteiger partial charge is 0.153 e. The predicted octanol–water partition coefficient (Wildman–Crippen LogP) is 5.07. The number of benzene rings is 1. The number of thioether (sulfide) groups is 1. The van der Waals surface area contributed by atoms with Gasteiger partial charge in [0.1, 0.15) is 17.2 Å². The Morgan fingerprint density at radius 1 is 1.38 bits per heavy atom. The van der Waals surface area contributed by atoms with Gasteiger partial charge in [-0.1, -0.05) is 6.42 Å². The Balaban J connectivity index is 2.25. The fourth-order valence-electron chi connectivity index (χ4n) is 3.24. The average Bonchev–Trinajstić information content (AvgIpc) is 3.01. The highest BCUT2D eigenvalue weighted by molar-refractivity contribution is 7.99. The zero-order valence-electron chi connectivity index (χ0n) is 11.9. The molecule has 0 N–H and O–H groups in total. The second kappa shape index (κ2) is 5.76. The van der Waals surface area contributed by atoms with Gasteiger partial charge in [0, 0.05) is 17.4 Å². The van der Waals surface area contributed by atoms with E-state index in [1.54, 1.807) is 11.8 Å². The molecule has 3 rings (SSSR count). The third-order valence-electron chi connectivity index (χ3n) is 4.15. The Labute approximate surface area is 131 Å². The summed E-state index contributed by atoms with van der Waals surface area (Å²) in [5.41, 5.74) is 0.728. The molecule has 1 aromatic heterocycles. The van der Waals surface area contributed by atoms with Gasteiger partial charge in [-0.25, -0.2) is 13.8 Å². The van der Waals surface area contributed by atoms with E-state index in [9.17, 15) is 8.78 Å². The quantitative estimate of drug-likeness (QED) is 0.731. The van der Waals surface area contributed by atoms with Crippen LogP contribution in [0.4, 0.5) is 8.78 Å². The number of imidazole rings is 1. The topological polar surface area (TPSA) is 17.8 Å². The second-order valence-electron chi connectivity index (χ2n) is 5.48. The van der Waals surface area contributed by atoms with Crippen molar-refractivity contribution in [3.8, 4) is 0 Å². The SMILES string of the molecule is CSC1CCCC1n1c(C(C)Cl)nc2c(F)cc(F)cc21. The second-order valence-corrected chi connectivity index (χ2v) is 7.22. The normalized spacial score (nSPS) is 23.9. The van der Waals surface area contributed by atoms with Gasteiger partial charge in [0.2, 0.25) is 0 Å². The van der Waals surface area contributed by atoms with Crippen molar-refractivity contribution in [2.45, 2.75) is 42.9 Å². The van der Waals surface area contributed by atoms with E-state index >= 15 is 0 Å². The van der Waals surface area contributed by atoms with Crippen molar-refractivity contribution in [1.29, 1.82) is 0 Å². The predicted molar refractivity (Wildman–Crippen MR) is 84.1 cm³/mol. The van der Waals surface area contributed by atoms with Gasteiger partial charge < -0.3 is 4.57 Å². The highest BCUT2D eigenvalue weighted by Gasteiger charge is 2.32. The van der Waals surface area contributed by atoms with Gasteiger partial charge >= 0.3 is 0 Å². The third-order valence-corrected chi connectivity index (χ3v) is 5.50. The summed E-state index contributed by atoms with van der Waals surface area (Å²) in [5.74, 6) is -0.572. The first-order valence-corrected chi connectivity index (χ1v) is 8.79. The first-order chi connectivity index (χ1) is 10.0. The molecule has 0 aliphatic heterocycles. The number of fused-ring (bicyclic) bond motifs is 1. The zero-order valence-corrected chi connectivity index (χ0v) is 13.5. The molecule has 3 atom stereocenters. The highest BCUT2D eigenvalue weighted by atomic mass is 35.5. The van der Waals surface area contributed by atoms with Crippen LogP contribution < -0.4 is 0 Å². The minimum Gasteiger partial charge on any atom is -0.322 e. The molecule has 1 aliphatic carbocycles. The number of halogens is 3. The van der Waals surface area contributed by atoms with Crippen LogP contribution in [0.3, 0.4) is 0 Å². The van der Waals surface area contributed by atoms with E-state index < -0.39 is 11.6 Å². The van der Waals surface area contributed by atoms with Crippen molar-refractivity contribution in [1.82, 2.24) is 9.55 Å². The summed E-state index contributed by atoms with van der Waals surface area (Å²) in [6.45, 7) is 1.82.